The standard InChI is InChI=1S/C10H15ClN4S/c1-8(2)6-15(5-3-4-12)7-9-10(11)16-14-13-9/h8H,3,5-7H2,1-2H3. The van der Waals surface area contributed by atoms with Gasteiger partial charge in [-0.3, -0.25) is 4.90 Å². The number of nitrogens with zero attached hydrogens (tertiary/aromatic N) is 4. The van der Waals surface area contributed by atoms with Gasteiger partial charge in [-0.25, -0.2) is 0 Å². The number of halogens is 1. The molecule has 4 nitrogen and oxygen atoms in total. The van der Waals surface area contributed by atoms with E-state index < -0.39 is 0 Å². The lowest BCUT2D eigenvalue weighted by Gasteiger charge is -2.21. The monoisotopic (exact) mass is 258 g/mol. The fraction of sp³-hybridized carbons (Fsp3) is 0.700. The molecule has 0 amide bonds. The predicted molar refractivity (Wildman–Crippen MR) is 65.3 cm³/mol. The molecule has 0 fully saturated rings. The van der Waals surface area contributed by atoms with Gasteiger partial charge in [0.1, 0.15) is 10.0 Å². The molecule has 0 spiro atoms. The first-order chi connectivity index (χ1) is 7.63. The maximum Gasteiger partial charge on any atom is 0.138 e. The van der Waals surface area contributed by atoms with E-state index in [1.54, 1.807) is 0 Å². The first-order valence-corrected chi connectivity index (χ1v) is 6.34. The van der Waals surface area contributed by atoms with Gasteiger partial charge < -0.3 is 0 Å². The summed E-state index contributed by atoms with van der Waals surface area (Å²) in [7, 11) is 0. The Morgan fingerprint density at radius 3 is 2.81 bits per heavy atom. The lowest BCUT2D eigenvalue weighted by molar-refractivity contribution is 0.238. The molecule has 0 aliphatic rings. The molecule has 16 heavy (non-hydrogen) atoms. The number of aromatic nitrogens is 2. The first-order valence-electron chi connectivity index (χ1n) is 5.19. The van der Waals surface area contributed by atoms with Gasteiger partial charge in [0.2, 0.25) is 0 Å². The molecular formula is C10H15ClN4S. The Balaban J connectivity index is 2.56. The maximum absolute atomic E-state index is 8.60. The van der Waals surface area contributed by atoms with Gasteiger partial charge in [0, 0.05) is 37.6 Å². The van der Waals surface area contributed by atoms with Crippen LogP contribution in [0.3, 0.4) is 0 Å². The van der Waals surface area contributed by atoms with E-state index in [4.69, 9.17) is 16.9 Å². The third-order valence-corrected chi connectivity index (χ3v) is 3.03. The Bertz CT molecular complexity index is 358. The summed E-state index contributed by atoms with van der Waals surface area (Å²) >= 11 is 7.16. The van der Waals surface area contributed by atoms with Crippen molar-refractivity contribution in [2.75, 3.05) is 13.1 Å². The molecule has 1 rings (SSSR count). The highest BCUT2D eigenvalue weighted by Crippen LogP contribution is 2.19. The van der Waals surface area contributed by atoms with E-state index in [9.17, 15) is 0 Å². The molecule has 0 unspecified atom stereocenters. The van der Waals surface area contributed by atoms with E-state index >= 15 is 0 Å². The van der Waals surface area contributed by atoms with E-state index in [1.807, 2.05) is 0 Å². The number of hydrogen-bond acceptors (Lipinski definition) is 5. The summed E-state index contributed by atoms with van der Waals surface area (Å²) in [4.78, 5) is 2.19. The quantitative estimate of drug-likeness (QED) is 0.787. The van der Waals surface area contributed by atoms with E-state index in [0.717, 1.165) is 18.8 Å². The fourth-order valence-corrected chi connectivity index (χ4v) is 2.07. The average Bonchev–Trinajstić information content (AvgIpc) is 2.60. The minimum Gasteiger partial charge on any atom is -0.296 e. The van der Waals surface area contributed by atoms with E-state index in [2.05, 4.69) is 34.4 Å². The zero-order valence-electron chi connectivity index (χ0n) is 9.48. The van der Waals surface area contributed by atoms with Crippen molar-refractivity contribution in [3.05, 3.63) is 10.0 Å². The molecule has 0 saturated heterocycles. The van der Waals surface area contributed by atoms with Crippen molar-refractivity contribution in [1.82, 2.24) is 14.5 Å². The second kappa shape index (κ2) is 6.79. The highest BCUT2D eigenvalue weighted by molar-refractivity contribution is 7.10. The summed E-state index contributed by atoms with van der Waals surface area (Å²) in [6, 6.07) is 2.16. The van der Waals surface area contributed by atoms with Gasteiger partial charge in [0.05, 0.1) is 6.07 Å². The summed E-state index contributed by atoms with van der Waals surface area (Å²) < 4.78 is 4.45. The maximum atomic E-state index is 8.60. The van der Waals surface area contributed by atoms with Crippen LogP contribution in [-0.2, 0) is 6.54 Å². The van der Waals surface area contributed by atoms with Crippen molar-refractivity contribution in [2.24, 2.45) is 5.92 Å². The molecule has 0 radical (unpaired) electrons. The number of nitriles is 1. The summed E-state index contributed by atoms with van der Waals surface area (Å²) in [5, 5.41) is 12.6. The third kappa shape index (κ3) is 4.44. The van der Waals surface area contributed by atoms with Crippen LogP contribution in [0.5, 0.6) is 0 Å². The van der Waals surface area contributed by atoms with Crippen LogP contribution in [0, 0.1) is 17.2 Å². The second-order valence-corrected chi connectivity index (χ2v) is 5.39. The fourth-order valence-electron chi connectivity index (χ4n) is 1.46. The second-order valence-electron chi connectivity index (χ2n) is 4.03. The minimum absolute atomic E-state index is 0.530. The van der Waals surface area contributed by atoms with Crippen LogP contribution in [0.1, 0.15) is 26.0 Å². The van der Waals surface area contributed by atoms with E-state index in [-0.39, 0.29) is 0 Å². The van der Waals surface area contributed by atoms with Crippen molar-refractivity contribution in [3.63, 3.8) is 0 Å². The molecule has 0 bridgehead atoms. The van der Waals surface area contributed by atoms with E-state index in [0.29, 0.717) is 23.2 Å². The Morgan fingerprint density at radius 1 is 1.56 bits per heavy atom. The predicted octanol–water partition coefficient (Wildman–Crippen LogP) is 2.56. The molecule has 0 aliphatic heterocycles. The average molecular weight is 259 g/mol. The third-order valence-electron chi connectivity index (χ3n) is 2.05. The highest BCUT2D eigenvalue weighted by atomic mass is 35.5. The number of rotatable bonds is 6. The lowest BCUT2D eigenvalue weighted by atomic mass is 10.2. The molecule has 0 aliphatic carbocycles. The Kier molecular flexibility index (Phi) is 5.67. The van der Waals surface area contributed by atoms with Crippen LogP contribution in [0.25, 0.3) is 0 Å². The van der Waals surface area contributed by atoms with E-state index in [1.165, 1.54) is 11.5 Å². The normalized spacial score (nSPS) is 11.0. The Hall–Kier alpha value is -0.700. The van der Waals surface area contributed by atoms with Gasteiger partial charge in [0.25, 0.3) is 0 Å². The Labute approximate surface area is 105 Å². The topological polar surface area (TPSA) is 52.8 Å². The molecule has 1 heterocycles. The largest absolute Gasteiger partial charge is 0.296 e. The van der Waals surface area contributed by atoms with Gasteiger partial charge in [-0.1, -0.05) is 29.9 Å². The van der Waals surface area contributed by atoms with Crippen molar-refractivity contribution in [2.45, 2.75) is 26.8 Å². The molecule has 0 saturated carbocycles. The van der Waals surface area contributed by atoms with Crippen molar-refractivity contribution in [3.8, 4) is 6.07 Å². The summed E-state index contributed by atoms with van der Waals surface area (Å²) in [5.74, 6) is 0.559. The molecule has 0 N–H and O–H groups in total. The van der Waals surface area contributed by atoms with Gasteiger partial charge in [-0.2, -0.15) is 5.26 Å². The molecular weight excluding hydrogens is 244 g/mol. The zero-order chi connectivity index (χ0) is 12.0. The lowest BCUT2D eigenvalue weighted by Crippen LogP contribution is -2.28. The van der Waals surface area contributed by atoms with Crippen molar-refractivity contribution < 1.29 is 0 Å². The van der Waals surface area contributed by atoms with Crippen LogP contribution >= 0.6 is 23.1 Å². The summed E-state index contributed by atoms with van der Waals surface area (Å²) in [6.45, 7) is 6.67. The van der Waals surface area contributed by atoms with Crippen LogP contribution in [-0.4, -0.2) is 27.6 Å². The molecule has 6 heteroatoms. The van der Waals surface area contributed by atoms with Crippen LogP contribution < -0.4 is 0 Å². The van der Waals surface area contributed by atoms with Gasteiger partial charge in [-0.15, -0.1) is 5.10 Å². The SMILES string of the molecule is CC(C)CN(CCC#N)Cc1nnsc1Cl. The molecule has 0 atom stereocenters. The van der Waals surface area contributed by atoms with Crippen LogP contribution in [0.4, 0.5) is 0 Å². The Morgan fingerprint density at radius 2 is 2.31 bits per heavy atom. The minimum atomic E-state index is 0.530. The smallest absolute Gasteiger partial charge is 0.138 e. The molecule has 0 aromatic carbocycles. The van der Waals surface area contributed by atoms with Gasteiger partial charge in [0.15, 0.2) is 0 Å². The van der Waals surface area contributed by atoms with Crippen molar-refractivity contribution >= 4 is 23.1 Å². The van der Waals surface area contributed by atoms with Crippen LogP contribution in [0.2, 0.25) is 4.34 Å². The van der Waals surface area contributed by atoms with Gasteiger partial charge in [-0.05, 0) is 5.92 Å². The molecule has 88 valence electrons. The van der Waals surface area contributed by atoms with Crippen molar-refractivity contribution in [1.29, 1.82) is 5.26 Å². The summed E-state index contributed by atoms with van der Waals surface area (Å²) in [5.41, 5.74) is 0.810. The number of hydrogen-bond donors (Lipinski definition) is 0. The van der Waals surface area contributed by atoms with Crippen LogP contribution in [0.15, 0.2) is 0 Å². The summed E-state index contributed by atoms with van der Waals surface area (Å²) in [6.07, 6.45) is 0.530. The molecule has 1 aromatic rings. The van der Waals surface area contributed by atoms with Gasteiger partial charge >= 0.3 is 0 Å². The highest BCUT2D eigenvalue weighted by Gasteiger charge is 2.12. The zero-order valence-corrected chi connectivity index (χ0v) is 11.1. The first kappa shape index (κ1) is 13.4. The molecule has 1 aromatic heterocycles.